The Bertz CT molecular complexity index is 1350. The van der Waals surface area contributed by atoms with Crippen molar-refractivity contribution < 1.29 is 9.90 Å². The number of benzene rings is 1. The molecule has 1 fully saturated rings. The zero-order valence-electron chi connectivity index (χ0n) is 18.1. The van der Waals surface area contributed by atoms with E-state index < -0.39 is 0 Å². The molecule has 0 atom stereocenters. The molecule has 7 nitrogen and oxygen atoms in total. The van der Waals surface area contributed by atoms with Crippen LogP contribution in [-0.2, 0) is 12.8 Å². The van der Waals surface area contributed by atoms with Crippen molar-refractivity contribution >= 4 is 33.3 Å². The number of phenolic OH excluding ortho intramolecular Hbond substituents is 1. The molecule has 0 spiro atoms. The maximum atomic E-state index is 12.9. The van der Waals surface area contributed by atoms with Gasteiger partial charge in [-0.05, 0) is 49.1 Å². The molecule has 1 N–H and O–H groups in total. The molecule has 6 rings (SSSR count). The molecule has 1 aliphatic heterocycles. The number of piperazine rings is 1. The topological polar surface area (TPSA) is 82.5 Å². The van der Waals surface area contributed by atoms with E-state index in [9.17, 15) is 9.90 Å². The second-order valence-corrected chi connectivity index (χ2v) is 9.53. The molecule has 1 amide bonds. The van der Waals surface area contributed by atoms with Crippen molar-refractivity contribution in [3.63, 3.8) is 0 Å². The SMILES string of the molecule is O=C(c1ccccc1O)N1CCN(c2nc(-c3cccnc3)nc3sc4c(c23)CCC4)CC1. The highest BCUT2D eigenvalue weighted by Gasteiger charge is 2.29. The third-order valence-electron chi connectivity index (χ3n) is 6.47. The molecule has 0 unspecified atom stereocenters. The molecular formula is C25H23N5O2S. The lowest BCUT2D eigenvalue weighted by Crippen LogP contribution is -2.49. The number of fused-ring (bicyclic) bond motifs is 3. The Kier molecular flexibility index (Phi) is 4.95. The number of hydrogen-bond donors (Lipinski definition) is 1. The smallest absolute Gasteiger partial charge is 0.257 e. The summed E-state index contributed by atoms with van der Waals surface area (Å²) < 4.78 is 0. The van der Waals surface area contributed by atoms with Crippen molar-refractivity contribution in [2.24, 2.45) is 0 Å². The van der Waals surface area contributed by atoms with Crippen molar-refractivity contribution in [2.45, 2.75) is 19.3 Å². The van der Waals surface area contributed by atoms with Gasteiger partial charge in [-0.15, -0.1) is 11.3 Å². The Morgan fingerprint density at radius 2 is 1.85 bits per heavy atom. The number of para-hydroxylation sites is 1. The first-order valence-electron chi connectivity index (χ1n) is 11.2. The lowest BCUT2D eigenvalue weighted by molar-refractivity contribution is 0.0743. The fourth-order valence-corrected chi connectivity index (χ4v) is 6.03. The number of thiophene rings is 1. The van der Waals surface area contributed by atoms with Gasteiger partial charge in [-0.1, -0.05) is 12.1 Å². The van der Waals surface area contributed by atoms with Crippen LogP contribution in [0.25, 0.3) is 21.6 Å². The van der Waals surface area contributed by atoms with Crippen molar-refractivity contribution in [3.05, 3.63) is 64.8 Å². The first kappa shape index (κ1) is 20.1. The Morgan fingerprint density at radius 3 is 2.64 bits per heavy atom. The number of phenols is 1. The number of rotatable bonds is 3. The van der Waals surface area contributed by atoms with Crippen molar-refractivity contribution in [1.29, 1.82) is 0 Å². The van der Waals surface area contributed by atoms with E-state index in [1.54, 1.807) is 48.0 Å². The monoisotopic (exact) mass is 457 g/mol. The van der Waals surface area contributed by atoms with E-state index >= 15 is 0 Å². The number of amides is 1. The number of carbonyl (C=O) groups excluding carboxylic acids is 1. The highest BCUT2D eigenvalue weighted by atomic mass is 32.1. The van der Waals surface area contributed by atoms with E-state index in [-0.39, 0.29) is 11.7 Å². The van der Waals surface area contributed by atoms with Crippen LogP contribution in [0.5, 0.6) is 5.75 Å². The summed E-state index contributed by atoms with van der Waals surface area (Å²) in [6, 6.07) is 10.6. The first-order valence-corrected chi connectivity index (χ1v) is 12.1. The van der Waals surface area contributed by atoms with Gasteiger partial charge in [-0.3, -0.25) is 9.78 Å². The van der Waals surface area contributed by atoms with Gasteiger partial charge in [0, 0.05) is 49.0 Å². The van der Waals surface area contributed by atoms with Gasteiger partial charge in [0.25, 0.3) is 5.91 Å². The summed E-state index contributed by atoms with van der Waals surface area (Å²) in [6.45, 7) is 2.52. The number of carbonyl (C=O) groups is 1. The van der Waals surface area contributed by atoms with E-state index in [1.807, 2.05) is 17.0 Å². The van der Waals surface area contributed by atoms with Crippen LogP contribution in [0.4, 0.5) is 5.82 Å². The highest BCUT2D eigenvalue weighted by molar-refractivity contribution is 7.19. The van der Waals surface area contributed by atoms with Gasteiger partial charge in [0.05, 0.1) is 10.9 Å². The molecule has 33 heavy (non-hydrogen) atoms. The Hall–Kier alpha value is -3.52. The highest BCUT2D eigenvalue weighted by Crippen LogP contribution is 2.41. The predicted molar refractivity (Wildman–Crippen MR) is 129 cm³/mol. The molecule has 0 saturated carbocycles. The van der Waals surface area contributed by atoms with Crippen LogP contribution < -0.4 is 4.90 Å². The van der Waals surface area contributed by atoms with E-state index in [4.69, 9.17) is 9.97 Å². The minimum atomic E-state index is -0.131. The average molecular weight is 458 g/mol. The molecule has 1 saturated heterocycles. The van der Waals surface area contributed by atoms with Crippen LogP contribution in [0.1, 0.15) is 27.2 Å². The van der Waals surface area contributed by atoms with Gasteiger partial charge in [0.2, 0.25) is 0 Å². The lowest BCUT2D eigenvalue weighted by Gasteiger charge is -2.36. The van der Waals surface area contributed by atoms with Crippen LogP contribution in [-0.4, -0.2) is 57.0 Å². The Morgan fingerprint density at radius 1 is 1.00 bits per heavy atom. The largest absolute Gasteiger partial charge is 0.507 e. The number of aromatic nitrogens is 3. The second-order valence-electron chi connectivity index (χ2n) is 8.45. The van der Waals surface area contributed by atoms with Gasteiger partial charge in [0.1, 0.15) is 16.4 Å². The molecule has 2 aliphatic rings. The normalized spacial score (nSPS) is 15.8. The van der Waals surface area contributed by atoms with Crippen LogP contribution in [0.3, 0.4) is 0 Å². The summed E-state index contributed by atoms with van der Waals surface area (Å²) in [7, 11) is 0. The molecule has 0 radical (unpaired) electrons. The number of aryl methyl sites for hydroxylation is 2. The van der Waals surface area contributed by atoms with Gasteiger partial charge >= 0.3 is 0 Å². The molecule has 1 aliphatic carbocycles. The van der Waals surface area contributed by atoms with Crippen LogP contribution in [0, 0.1) is 0 Å². The molecule has 0 bridgehead atoms. The summed E-state index contributed by atoms with van der Waals surface area (Å²) >= 11 is 1.79. The molecule has 1 aromatic carbocycles. The van der Waals surface area contributed by atoms with E-state index in [1.165, 1.54) is 22.2 Å². The Balaban J connectivity index is 1.33. The van der Waals surface area contributed by atoms with E-state index in [0.717, 1.165) is 29.1 Å². The third-order valence-corrected chi connectivity index (χ3v) is 7.65. The summed E-state index contributed by atoms with van der Waals surface area (Å²) in [6.07, 6.45) is 6.92. The fourth-order valence-electron chi connectivity index (χ4n) is 4.78. The fraction of sp³-hybridized carbons (Fsp3) is 0.280. The third kappa shape index (κ3) is 3.51. The van der Waals surface area contributed by atoms with E-state index in [2.05, 4.69) is 9.88 Å². The molecule has 8 heteroatoms. The zero-order chi connectivity index (χ0) is 22.4. The number of pyridine rings is 1. The number of nitrogens with zero attached hydrogens (tertiary/aromatic N) is 5. The number of hydrogen-bond acceptors (Lipinski definition) is 7. The minimum Gasteiger partial charge on any atom is -0.507 e. The van der Waals surface area contributed by atoms with Crippen LogP contribution >= 0.6 is 11.3 Å². The van der Waals surface area contributed by atoms with Crippen LogP contribution in [0.15, 0.2) is 48.8 Å². The molecule has 3 aromatic heterocycles. The summed E-state index contributed by atoms with van der Waals surface area (Å²) in [5.41, 5.74) is 2.66. The van der Waals surface area contributed by atoms with Gasteiger partial charge in [0.15, 0.2) is 5.82 Å². The van der Waals surface area contributed by atoms with Gasteiger partial charge in [-0.25, -0.2) is 9.97 Å². The average Bonchev–Trinajstić information content (AvgIpc) is 3.45. The van der Waals surface area contributed by atoms with Crippen LogP contribution in [0.2, 0.25) is 0 Å². The summed E-state index contributed by atoms with van der Waals surface area (Å²) in [5, 5.41) is 11.3. The summed E-state index contributed by atoms with van der Waals surface area (Å²) in [5.74, 6) is 1.55. The number of aromatic hydroxyl groups is 1. The first-order chi connectivity index (χ1) is 16.2. The standard InChI is InChI=1S/C25H23N5O2S/c31-19-8-2-1-6-17(19)25(32)30-13-11-29(12-14-30)23-21-18-7-3-9-20(18)33-24(21)28-22(27-23)16-5-4-10-26-15-16/h1-2,4-6,8,10,15,31H,3,7,9,11-14H2. The molecule has 166 valence electrons. The maximum Gasteiger partial charge on any atom is 0.257 e. The zero-order valence-corrected chi connectivity index (χ0v) is 18.9. The summed E-state index contributed by atoms with van der Waals surface area (Å²) in [4.78, 5) is 33.7. The molecule has 4 heterocycles. The van der Waals surface area contributed by atoms with Crippen molar-refractivity contribution in [3.8, 4) is 17.1 Å². The number of anilines is 1. The maximum absolute atomic E-state index is 12.9. The Labute approximate surface area is 195 Å². The van der Waals surface area contributed by atoms with Gasteiger partial charge in [-0.2, -0.15) is 0 Å². The molecular weight excluding hydrogens is 434 g/mol. The van der Waals surface area contributed by atoms with Crippen molar-refractivity contribution in [1.82, 2.24) is 19.9 Å². The van der Waals surface area contributed by atoms with Crippen molar-refractivity contribution in [2.75, 3.05) is 31.1 Å². The second kappa shape index (κ2) is 8.12. The van der Waals surface area contributed by atoms with E-state index in [0.29, 0.717) is 37.6 Å². The minimum absolute atomic E-state index is 0.0254. The van der Waals surface area contributed by atoms with Gasteiger partial charge < -0.3 is 14.9 Å². The quantitative estimate of drug-likeness (QED) is 0.502. The lowest BCUT2D eigenvalue weighted by atomic mass is 10.1. The molecule has 4 aromatic rings. The predicted octanol–water partition coefficient (Wildman–Crippen LogP) is 3.91.